The maximum atomic E-state index is 13.1. The number of carbonyl (C=O) groups excluding carboxylic acids is 1. The fourth-order valence-corrected chi connectivity index (χ4v) is 8.50. The summed E-state index contributed by atoms with van der Waals surface area (Å²) in [6.07, 6.45) is 75.1. The molecule has 1 aliphatic rings. The Morgan fingerprint density at radius 1 is 0.467 bits per heavy atom. The molecule has 0 bridgehead atoms. The highest BCUT2D eigenvalue weighted by Crippen LogP contribution is 2.23. The molecule has 1 saturated heterocycles. The number of hydrogen-bond donors (Lipinski definition) is 6. The van der Waals surface area contributed by atoms with Gasteiger partial charge in [-0.05, 0) is 109 Å². The Morgan fingerprint density at radius 2 is 0.840 bits per heavy atom. The van der Waals surface area contributed by atoms with E-state index in [2.05, 4.69) is 141 Å². The molecule has 0 radical (unpaired) electrons. The third-order valence-corrected chi connectivity index (χ3v) is 13.2. The summed E-state index contributed by atoms with van der Waals surface area (Å²) in [5, 5.41) is 54.5. The lowest BCUT2D eigenvalue weighted by atomic mass is 9.99. The second-order valence-corrected chi connectivity index (χ2v) is 20.0. The van der Waals surface area contributed by atoms with E-state index < -0.39 is 49.5 Å². The van der Waals surface area contributed by atoms with Crippen LogP contribution < -0.4 is 5.32 Å². The summed E-state index contributed by atoms with van der Waals surface area (Å²) in [4.78, 5) is 13.1. The van der Waals surface area contributed by atoms with Crippen molar-refractivity contribution in [2.24, 2.45) is 0 Å². The van der Waals surface area contributed by atoms with E-state index in [4.69, 9.17) is 9.47 Å². The van der Waals surface area contributed by atoms with Crippen LogP contribution in [0.15, 0.2) is 134 Å². The Hall–Kier alpha value is -3.67. The van der Waals surface area contributed by atoms with Crippen molar-refractivity contribution in [2.75, 3.05) is 13.2 Å². The molecule has 7 atom stereocenters. The lowest BCUT2D eigenvalue weighted by Crippen LogP contribution is -2.60. The summed E-state index contributed by atoms with van der Waals surface area (Å²) < 4.78 is 11.2. The Labute approximate surface area is 458 Å². The van der Waals surface area contributed by atoms with Gasteiger partial charge in [-0.2, -0.15) is 0 Å². The molecule has 1 rings (SSSR count). The highest BCUT2D eigenvalue weighted by atomic mass is 16.7. The SMILES string of the molecule is CC/C=C\C/C=C\C/C=C\C/C=C\C/C=C\C/C=C\C/C=C\C/C=C\CCCCCCCCCCC(=O)NC(COC1OC(CO)C(O)C(O)C1O)C(O)/C=C/CC/C=C/CC/C=C/CCCCCCCCCCC. The maximum absolute atomic E-state index is 13.1. The molecule has 1 heterocycles. The minimum Gasteiger partial charge on any atom is -0.394 e. The number of aliphatic hydroxyl groups is 5. The standard InChI is InChI=1S/C66H109NO8/c1-3-5-7-9-11-13-15-17-19-21-23-24-25-26-27-28-29-30-31-32-33-34-35-36-38-40-42-44-46-48-50-52-54-56-62(70)67-59(58-74-66-65(73)64(72)63(71)61(57-68)75-66)60(69)55-53-51-49-47-45-43-41-39-37-22-20-18-16-14-12-10-8-6-4-2/h5,7,11,13,17,19,23-24,26-27,29-30,32-33,35-37,39,45,47,53,55,59-61,63-66,68-69,71-73H,3-4,6,8-10,12,14-16,18,20-22,25,28,31,34,38,40-44,46,48-52,54,56-58H2,1-2H3,(H,67,70)/b7-5-,13-11-,19-17-,24-23-,27-26-,30-29-,33-32-,36-35-,39-37+,47-45+,55-53+. The summed E-state index contributed by atoms with van der Waals surface area (Å²) in [6, 6.07) is -0.843. The number of carbonyl (C=O) groups is 1. The van der Waals surface area contributed by atoms with Gasteiger partial charge in [0, 0.05) is 6.42 Å². The van der Waals surface area contributed by atoms with Gasteiger partial charge in [0.2, 0.25) is 5.91 Å². The van der Waals surface area contributed by atoms with E-state index in [1.807, 2.05) is 6.08 Å². The van der Waals surface area contributed by atoms with Crippen LogP contribution in [-0.4, -0.2) is 87.5 Å². The smallest absolute Gasteiger partial charge is 0.220 e. The van der Waals surface area contributed by atoms with E-state index in [1.54, 1.807) is 6.08 Å². The number of hydrogen-bond acceptors (Lipinski definition) is 8. The molecule has 426 valence electrons. The summed E-state index contributed by atoms with van der Waals surface area (Å²) in [7, 11) is 0. The van der Waals surface area contributed by atoms with Crippen molar-refractivity contribution in [3.63, 3.8) is 0 Å². The average Bonchev–Trinajstić information content (AvgIpc) is 3.41. The number of amides is 1. The van der Waals surface area contributed by atoms with Gasteiger partial charge in [0.1, 0.15) is 24.4 Å². The summed E-state index contributed by atoms with van der Waals surface area (Å²) >= 11 is 0. The molecule has 1 aliphatic heterocycles. The van der Waals surface area contributed by atoms with E-state index in [1.165, 1.54) is 83.5 Å². The van der Waals surface area contributed by atoms with Crippen LogP contribution in [0, 0.1) is 0 Å². The molecule has 7 unspecified atom stereocenters. The molecule has 1 fully saturated rings. The summed E-state index contributed by atoms with van der Waals surface area (Å²) in [5.41, 5.74) is 0. The Morgan fingerprint density at radius 3 is 1.28 bits per heavy atom. The fraction of sp³-hybridized carbons (Fsp3) is 0.652. The van der Waals surface area contributed by atoms with Gasteiger partial charge < -0.3 is 40.3 Å². The van der Waals surface area contributed by atoms with Crippen molar-refractivity contribution in [3.05, 3.63) is 134 Å². The maximum Gasteiger partial charge on any atom is 0.220 e. The first-order valence-electron chi connectivity index (χ1n) is 29.9. The van der Waals surface area contributed by atoms with E-state index in [0.29, 0.717) is 6.42 Å². The zero-order valence-corrected chi connectivity index (χ0v) is 47.2. The van der Waals surface area contributed by atoms with Crippen molar-refractivity contribution in [1.29, 1.82) is 0 Å². The third kappa shape index (κ3) is 43.1. The predicted octanol–water partition coefficient (Wildman–Crippen LogP) is 15.3. The lowest BCUT2D eigenvalue weighted by molar-refractivity contribution is -0.302. The first-order valence-corrected chi connectivity index (χ1v) is 29.9. The van der Waals surface area contributed by atoms with Gasteiger partial charge in [0.05, 0.1) is 25.4 Å². The van der Waals surface area contributed by atoms with Crippen LogP contribution in [0.1, 0.15) is 219 Å². The van der Waals surface area contributed by atoms with Crippen LogP contribution in [0.25, 0.3) is 0 Å². The number of unbranched alkanes of at least 4 members (excludes halogenated alkanes) is 19. The molecule has 0 aromatic rings. The van der Waals surface area contributed by atoms with Crippen LogP contribution in [0.4, 0.5) is 0 Å². The summed E-state index contributed by atoms with van der Waals surface area (Å²) in [5.74, 6) is -0.205. The Kier molecular flexibility index (Phi) is 49.7. The molecule has 6 N–H and O–H groups in total. The molecule has 9 heteroatoms. The van der Waals surface area contributed by atoms with Crippen molar-refractivity contribution in [1.82, 2.24) is 5.32 Å². The Balaban J connectivity index is 2.25. The predicted molar refractivity (Wildman–Crippen MR) is 317 cm³/mol. The second kappa shape index (κ2) is 53.7. The monoisotopic (exact) mass is 1040 g/mol. The minimum absolute atomic E-state index is 0.205. The summed E-state index contributed by atoms with van der Waals surface area (Å²) in [6.45, 7) is 3.63. The third-order valence-electron chi connectivity index (χ3n) is 13.2. The molecule has 0 aliphatic carbocycles. The van der Waals surface area contributed by atoms with E-state index in [0.717, 1.165) is 116 Å². The van der Waals surface area contributed by atoms with Gasteiger partial charge in [-0.1, -0.05) is 237 Å². The number of aliphatic hydroxyl groups excluding tert-OH is 5. The number of ether oxygens (including phenoxy) is 2. The number of nitrogens with one attached hydrogen (secondary N) is 1. The molecule has 75 heavy (non-hydrogen) atoms. The zero-order chi connectivity index (χ0) is 54.3. The molecule has 9 nitrogen and oxygen atoms in total. The highest BCUT2D eigenvalue weighted by Gasteiger charge is 2.44. The largest absolute Gasteiger partial charge is 0.394 e. The topological polar surface area (TPSA) is 149 Å². The van der Waals surface area contributed by atoms with Crippen molar-refractivity contribution in [3.8, 4) is 0 Å². The molecule has 0 saturated carbocycles. The van der Waals surface area contributed by atoms with Crippen molar-refractivity contribution >= 4 is 5.91 Å². The van der Waals surface area contributed by atoms with Crippen LogP contribution in [0.3, 0.4) is 0 Å². The van der Waals surface area contributed by atoms with Crippen LogP contribution >= 0.6 is 0 Å². The molecular formula is C66H109NO8. The van der Waals surface area contributed by atoms with E-state index >= 15 is 0 Å². The molecule has 0 spiro atoms. The van der Waals surface area contributed by atoms with Crippen molar-refractivity contribution in [2.45, 2.75) is 262 Å². The van der Waals surface area contributed by atoms with E-state index in [-0.39, 0.29) is 12.5 Å². The second-order valence-electron chi connectivity index (χ2n) is 20.0. The average molecular weight is 1040 g/mol. The van der Waals surface area contributed by atoms with Crippen LogP contribution in [-0.2, 0) is 14.3 Å². The molecule has 1 amide bonds. The van der Waals surface area contributed by atoms with E-state index in [9.17, 15) is 30.3 Å². The minimum atomic E-state index is -1.58. The van der Waals surface area contributed by atoms with Gasteiger partial charge in [0.15, 0.2) is 6.29 Å². The van der Waals surface area contributed by atoms with Gasteiger partial charge >= 0.3 is 0 Å². The van der Waals surface area contributed by atoms with Crippen LogP contribution in [0.2, 0.25) is 0 Å². The van der Waals surface area contributed by atoms with Gasteiger partial charge in [-0.25, -0.2) is 0 Å². The quantitative estimate of drug-likeness (QED) is 0.0261. The number of allylic oxidation sites excluding steroid dienone is 21. The fourth-order valence-electron chi connectivity index (χ4n) is 8.50. The molecular weight excluding hydrogens is 935 g/mol. The first kappa shape index (κ1) is 69.3. The molecule has 0 aromatic heterocycles. The number of rotatable bonds is 49. The Bertz CT molecular complexity index is 1640. The lowest BCUT2D eigenvalue weighted by Gasteiger charge is -2.40. The van der Waals surface area contributed by atoms with Crippen LogP contribution in [0.5, 0.6) is 0 Å². The first-order chi connectivity index (χ1) is 36.8. The zero-order valence-electron chi connectivity index (χ0n) is 47.2. The normalized spacial score (nSPS) is 19.9. The van der Waals surface area contributed by atoms with Crippen molar-refractivity contribution < 1.29 is 39.8 Å². The van der Waals surface area contributed by atoms with Gasteiger partial charge in [-0.15, -0.1) is 0 Å². The van der Waals surface area contributed by atoms with Gasteiger partial charge in [0.25, 0.3) is 0 Å². The highest BCUT2D eigenvalue weighted by molar-refractivity contribution is 5.76. The van der Waals surface area contributed by atoms with Gasteiger partial charge in [-0.3, -0.25) is 4.79 Å². The molecule has 0 aromatic carbocycles.